The molecule has 3 aromatic rings. The molecule has 4 rings (SSSR count). The number of nitrogens with one attached hydrogen (secondary N) is 2. The van der Waals surface area contributed by atoms with Gasteiger partial charge in [0.05, 0.1) is 12.2 Å². The Hall–Kier alpha value is -3.37. The number of aromatic amines is 1. The molecule has 0 saturated carbocycles. The Labute approximate surface area is 259 Å². The molecule has 2 amide bonds. The van der Waals surface area contributed by atoms with Crippen molar-refractivity contribution in [2.24, 2.45) is 0 Å². The summed E-state index contributed by atoms with van der Waals surface area (Å²) in [7, 11) is 0. The van der Waals surface area contributed by atoms with Crippen LogP contribution in [0, 0.1) is 0 Å². The normalized spacial score (nSPS) is 14.7. The predicted octanol–water partition coefficient (Wildman–Crippen LogP) is 5.52. The van der Waals surface area contributed by atoms with E-state index in [2.05, 4.69) is 34.0 Å². The van der Waals surface area contributed by atoms with Gasteiger partial charge in [0.1, 0.15) is 16.8 Å². The van der Waals surface area contributed by atoms with Crippen molar-refractivity contribution in [3.8, 4) is 0 Å². The van der Waals surface area contributed by atoms with Crippen LogP contribution in [0.1, 0.15) is 80.1 Å². The zero-order valence-electron chi connectivity index (χ0n) is 25.6. The van der Waals surface area contributed by atoms with Crippen LogP contribution < -0.4 is 5.32 Å². The number of hydrogen-bond donors (Lipinski definition) is 2. The molecular formula is C33H45N5O4S. The zero-order chi connectivity index (χ0) is 30.6. The monoisotopic (exact) mass is 607 g/mol. The molecule has 9 nitrogen and oxygen atoms in total. The molecule has 3 heterocycles. The molecule has 1 aliphatic rings. The first-order chi connectivity index (χ1) is 20.9. The number of pyridine rings is 1. The van der Waals surface area contributed by atoms with E-state index in [0.717, 1.165) is 24.0 Å². The number of unbranched alkanes of at least 4 members (excludes halogenated alkanes) is 2. The smallest absolute Gasteiger partial charge is 0.340 e. The van der Waals surface area contributed by atoms with Gasteiger partial charge < -0.3 is 19.9 Å². The highest BCUT2D eigenvalue weighted by Crippen LogP contribution is 2.24. The molecular weight excluding hydrogens is 562 g/mol. The molecule has 0 aliphatic carbocycles. The van der Waals surface area contributed by atoms with Gasteiger partial charge in [-0.3, -0.25) is 14.5 Å². The fourth-order valence-corrected chi connectivity index (χ4v) is 6.55. The molecule has 1 aromatic carbocycles. The number of nitrogens with zero attached hydrogens (tertiary/aromatic N) is 3. The second-order valence-corrected chi connectivity index (χ2v) is 12.0. The highest BCUT2D eigenvalue weighted by molar-refractivity contribution is 7.99. The molecule has 2 aromatic heterocycles. The van der Waals surface area contributed by atoms with Gasteiger partial charge in [-0.15, -0.1) is 11.8 Å². The first-order valence-electron chi connectivity index (χ1n) is 15.6. The summed E-state index contributed by atoms with van der Waals surface area (Å²) in [6, 6.07) is 12.6. The summed E-state index contributed by atoms with van der Waals surface area (Å²) in [5.41, 5.74) is 1.60. The van der Waals surface area contributed by atoms with Crippen LogP contribution in [-0.4, -0.2) is 88.2 Å². The van der Waals surface area contributed by atoms with Crippen molar-refractivity contribution in [3.05, 3.63) is 59.9 Å². The minimum absolute atomic E-state index is 0.121. The first-order valence-corrected chi connectivity index (χ1v) is 16.6. The Morgan fingerprint density at radius 1 is 1.00 bits per heavy atom. The van der Waals surface area contributed by atoms with E-state index in [9.17, 15) is 14.4 Å². The van der Waals surface area contributed by atoms with E-state index in [4.69, 9.17) is 4.74 Å². The second-order valence-electron chi connectivity index (χ2n) is 11.0. The van der Waals surface area contributed by atoms with E-state index in [1.54, 1.807) is 31.3 Å². The molecule has 1 atom stereocenters. The van der Waals surface area contributed by atoms with Crippen molar-refractivity contribution in [2.75, 3.05) is 38.5 Å². The number of rotatable bonds is 15. The summed E-state index contributed by atoms with van der Waals surface area (Å²) in [5, 5.41) is 4.38. The Bertz CT molecular complexity index is 1310. The maximum Gasteiger partial charge on any atom is 0.340 e. The van der Waals surface area contributed by atoms with Crippen molar-refractivity contribution < 1.29 is 19.1 Å². The molecule has 1 fully saturated rings. The van der Waals surface area contributed by atoms with Crippen LogP contribution in [0.25, 0.3) is 10.9 Å². The number of H-pyrrole nitrogens is 1. The van der Waals surface area contributed by atoms with Crippen LogP contribution in [0.2, 0.25) is 0 Å². The average molecular weight is 608 g/mol. The molecule has 0 spiro atoms. The Kier molecular flexibility index (Phi) is 12.5. The third kappa shape index (κ3) is 8.83. The van der Waals surface area contributed by atoms with Crippen molar-refractivity contribution in [1.29, 1.82) is 0 Å². The van der Waals surface area contributed by atoms with Crippen LogP contribution >= 0.6 is 11.8 Å². The van der Waals surface area contributed by atoms with Gasteiger partial charge in [0.15, 0.2) is 0 Å². The molecule has 0 bridgehead atoms. The summed E-state index contributed by atoms with van der Waals surface area (Å²) >= 11 is 1.27. The molecule has 2 N–H and O–H groups in total. The van der Waals surface area contributed by atoms with E-state index >= 15 is 0 Å². The van der Waals surface area contributed by atoms with Gasteiger partial charge in [-0.05, 0) is 44.0 Å². The highest BCUT2D eigenvalue weighted by atomic mass is 32.2. The standard InChI is InChI=1S/C33H45N5O4S/c1-4-7-13-25(14-8-5-2)37-18-20-38(21-19-37)32(40)29(23-43-31-26(15-11-17-34-31)33(41)42-6-3)36-30(39)28-22-24-12-9-10-16-27(24)35-28/h9-12,15-17,22,25,29,35H,4-8,13-14,18-21,23H2,1-3H3,(H,36,39). The lowest BCUT2D eigenvalue weighted by molar-refractivity contribution is -0.134. The maximum atomic E-state index is 14.0. The largest absolute Gasteiger partial charge is 0.462 e. The summed E-state index contributed by atoms with van der Waals surface area (Å²) in [5.74, 6) is -0.701. The SMILES string of the molecule is CCCCC(CCCC)N1CCN(C(=O)C(CSc2ncccc2C(=O)OCC)NC(=O)c2cc3ccccc3[nH]2)CC1. The molecule has 1 saturated heterocycles. The fourth-order valence-electron chi connectivity index (χ4n) is 5.56. The van der Waals surface area contributed by atoms with E-state index in [1.807, 2.05) is 29.2 Å². The molecule has 1 unspecified atom stereocenters. The van der Waals surface area contributed by atoms with E-state index in [-0.39, 0.29) is 24.2 Å². The number of hydrogen-bond acceptors (Lipinski definition) is 7. The van der Waals surface area contributed by atoms with E-state index in [1.165, 1.54) is 50.3 Å². The number of para-hydroxylation sites is 1. The van der Waals surface area contributed by atoms with Gasteiger partial charge in [-0.1, -0.05) is 57.7 Å². The number of piperazine rings is 1. The summed E-state index contributed by atoms with van der Waals surface area (Å²) in [6.07, 6.45) is 8.79. The minimum Gasteiger partial charge on any atom is -0.462 e. The van der Waals surface area contributed by atoms with Crippen LogP contribution in [0.15, 0.2) is 53.7 Å². The number of aromatic nitrogens is 2. The lowest BCUT2D eigenvalue weighted by Gasteiger charge is -2.40. The number of ether oxygens (including phenoxy) is 1. The van der Waals surface area contributed by atoms with E-state index in [0.29, 0.717) is 35.4 Å². The third-order valence-electron chi connectivity index (χ3n) is 7.96. The first kappa shape index (κ1) is 32.5. The van der Waals surface area contributed by atoms with Gasteiger partial charge in [0, 0.05) is 55.1 Å². The van der Waals surface area contributed by atoms with Crippen molar-refractivity contribution >= 4 is 40.4 Å². The van der Waals surface area contributed by atoms with E-state index < -0.39 is 12.0 Å². The topological polar surface area (TPSA) is 108 Å². The predicted molar refractivity (Wildman–Crippen MR) is 171 cm³/mol. The summed E-state index contributed by atoms with van der Waals surface area (Å²) in [6.45, 7) is 9.37. The van der Waals surface area contributed by atoms with Gasteiger partial charge in [0.25, 0.3) is 5.91 Å². The molecule has 0 radical (unpaired) electrons. The zero-order valence-corrected chi connectivity index (χ0v) is 26.5. The molecule has 1 aliphatic heterocycles. The number of carbonyl (C=O) groups is 3. The Morgan fingerprint density at radius 3 is 2.40 bits per heavy atom. The lowest BCUT2D eigenvalue weighted by atomic mass is 10.0. The van der Waals surface area contributed by atoms with Crippen LogP contribution in [-0.2, 0) is 9.53 Å². The Balaban J connectivity index is 1.48. The number of esters is 1. The van der Waals surface area contributed by atoms with Crippen LogP contribution in [0.4, 0.5) is 0 Å². The molecule has 10 heteroatoms. The number of carbonyl (C=O) groups excluding carboxylic acids is 3. The molecule has 43 heavy (non-hydrogen) atoms. The van der Waals surface area contributed by atoms with Crippen molar-refractivity contribution in [3.63, 3.8) is 0 Å². The lowest BCUT2D eigenvalue weighted by Crippen LogP contribution is -2.57. The second kappa shape index (κ2) is 16.5. The number of thioether (sulfide) groups is 1. The van der Waals surface area contributed by atoms with Gasteiger partial charge in [-0.2, -0.15) is 0 Å². The molecule has 232 valence electrons. The Morgan fingerprint density at radius 2 is 1.72 bits per heavy atom. The quantitative estimate of drug-likeness (QED) is 0.173. The number of benzene rings is 1. The van der Waals surface area contributed by atoms with Crippen LogP contribution in [0.3, 0.4) is 0 Å². The maximum absolute atomic E-state index is 14.0. The average Bonchev–Trinajstić information content (AvgIpc) is 3.48. The van der Waals surface area contributed by atoms with Crippen LogP contribution in [0.5, 0.6) is 0 Å². The summed E-state index contributed by atoms with van der Waals surface area (Å²) in [4.78, 5) is 51.8. The van der Waals surface area contributed by atoms with Gasteiger partial charge >= 0.3 is 5.97 Å². The van der Waals surface area contributed by atoms with Crippen molar-refractivity contribution in [2.45, 2.75) is 76.4 Å². The fraction of sp³-hybridized carbons (Fsp3) is 0.515. The minimum atomic E-state index is -0.802. The summed E-state index contributed by atoms with van der Waals surface area (Å²) < 4.78 is 5.20. The highest BCUT2D eigenvalue weighted by Gasteiger charge is 2.31. The number of fused-ring (bicyclic) bond motifs is 1. The van der Waals surface area contributed by atoms with Gasteiger partial charge in [0.2, 0.25) is 5.91 Å². The van der Waals surface area contributed by atoms with Crippen molar-refractivity contribution in [1.82, 2.24) is 25.1 Å². The number of amides is 2. The van der Waals surface area contributed by atoms with Gasteiger partial charge in [-0.25, -0.2) is 9.78 Å². The third-order valence-corrected chi connectivity index (χ3v) is 9.05.